The third-order valence-electron chi connectivity index (χ3n) is 1.84. The van der Waals surface area contributed by atoms with E-state index < -0.39 is 12.4 Å². The predicted molar refractivity (Wildman–Crippen MR) is 58.0 cm³/mol. The molecule has 1 N–H and O–H groups in total. The molecule has 1 heterocycles. The Morgan fingerprint density at radius 2 is 2.27 bits per heavy atom. The summed E-state index contributed by atoms with van der Waals surface area (Å²) in [5.41, 5.74) is 0.227. The Morgan fingerprint density at radius 3 is 2.73 bits per heavy atom. The Kier molecular flexibility index (Phi) is 3.95. The van der Waals surface area contributed by atoms with Crippen LogP contribution in [0.2, 0.25) is 0 Å². The van der Waals surface area contributed by atoms with Crippen LogP contribution >= 0.6 is 22.6 Å². The van der Waals surface area contributed by atoms with Gasteiger partial charge in [0, 0.05) is 3.57 Å². The monoisotopic (exact) mass is 327 g/mol. The van der Waals surface area contributed by atoms with E-state index in [0.717, 1.165) is 0 Å². The Balaban J connectivity index is 3.17. The van der Waals surface area contributed by atoms with Gasteiger partial charge in [0.05, 0.1) is 12.1 Å². The summed E-state index contributed by atoms with van der Waals surface area (Å²) in [7, 11) is 0. The van der Waals surface area contributed by atoms with Crippen molar-refractivity contribution in [1.82, 2.24) is 4.98 Å². The third kappa shape index (κ3) is 3.08. The van der Waals surface area contributed by atoms with E-state index in [-0.39, 0.29) is 17.8 Å². The fourth-order valence-electron chi connectivity index (χ4n) is 1.11. The molecule has 6 heteroatoms. The first-order chi connectivity index (χ1) is 6.91. The number of carboxylic acids is 1. The van der Waals surface area contributed by atoms with Gasteiger partial charge in [0.15, 0.2) is 0 Å². The van der Waals surface area contributed by atoms with Gasteiger partial charge in [-0.05, 0) is 41.1 Å². The molecular formula is C9H8F2INO2. The fourth-order valence-corrected chi connectivity index (χ4v) is 1.74. The van der Waals surface area contributed by atoms with Crippen molar-refractivity contribution in [2.45, 2.75) is 19.8 Å². The zero-order chi connectivity index (χ0) is 11.6. The van der Waals surface area contributed by atoms with Crippen LogP contribution in [0.4, 0.5) is 8.78 Å². The molecule has 0 radical (unpaired) electrons. The van der Waals surface area contributed by atoms with Crippen molar-refractivity contribution in [3.8, 4) is 0 Å². The van der Waals surface area contributed by atoms with E-state index in [1.807, 2.05) is 22.6 Å². The minimum Gasteiger partial charge on any atom is -0.481 e. The van der Waals surface area contributed by atoms with Crippen molar-refractivity contribution in [1.29, 1.82) is 0 Å². The second-order valence-corrected chi connectivity index (χ2v) is 4.14. The summed E-state index contributed by atoms with van der Waals surface area (Å²) in [6, 6.07) is 1.51. The van der Waals surface area contributed by atoms with Crippen LogP contribution in [-0.4, -0.2) is 16.1 Å². The lowest BCUT2D eigenvalue weighted by Gasteiger charge is -2.08. The Morgan fingerprint density at radius 1 is 1.67 bits per heavy atom. The van der Waals surface area contributed by atoms with E-state index in [1.165, 1.54) is 6.07 Å². The van der Waals surface area contributed by atoms with E-state index >= 15 is 0 Å². The SMILES string of the molecule is Cc1c(I)cc(CC(=O)O)nc1C(F)F. The molecule has 1 aromatic heterocycles. The standard InChI is InChI=1S/C9H8F2INO2/c1-4-6(12)2-5(3-7(14)15)13-8(4)9(10)11/h2,9H,3H2,1H3,(H,14,15). The largest absolute Gasteiger partial charge is 0.481 e. The van der Waals surface area contributed by atoms with Gasteiger partial charge >= 0.3 is 5.97 Å². The van der Waals surface area contributed by atoms with Crippen molar-refractivity contribution in [2.75, 3.05) is 0 Å². The van der Waals surface area contributed by atoms with Crippen LogP contribution in [0.3, 0.4) is 0 Å². The molecule has 0 amide bonds. The summed E-state index contributed by atoms with van der Waals surface area (Å²) in [4.78, 5) is 14.1. The van der Waals surface area contributed by atoms with E-state index in [0.29, 0.717) is 9.13 Å². The van der Waals surface area contributed by atoms with Gasteiger partial charge < -0.3 is 5.11 Å². The third-order valence-corrected chi connectivity index (χ3v) is 2.96. The molecule has 3 nitrogen and oxygen atoms in total. The molecule has 15 heavy (non-hydrogen) atoms. The van der Waals surface area contributed by atoms with Crippen molar-refractivity contribution in [3.63, 3.8) is 0 Å². The second-order valence-electron chi connectivity index (χ2n) is 2.98. The van der Waals surface area contributed by atoms with Gasteiger partial charge in [-0.3, -0.25) is 9.78 Å². The van der Waals surface area contributed by atoms with Crippen LogP contribution in [0.1, 0.15) is 23.4 Å². The van der Waals surface area contributed by atoms with Gasteiger partial charge in [-0.1, -0.05) is 0 Å². The minimum absolute atomic E-state index is 0.160. The highest BCUT2D eigenvalue weighted by Gasteiger charge is 2.16. The van der Waals surface area contributed by atoms with E-state index in [4.69, 9.17) is 5.11 Å². The highest BCUT2D eigenvalue weighted by Crippen LogP contribution is 2.24. The molecule has 0 unspecified atom stereocenters. The minimum atomic E-state index is -2.67. The van der Waals surface area contributed by atoms with E-state index in [9.17, 15) is 13.6 Å². The normalized spacial score (nSPS) is 10.7. The van der Waals surface area contributed by atoms with Crippen molar-refractivity contribution in [3.05, 3.63) is 26.6 Å². The lowest BCUT2D eigenvalue weighted by atomic mass is 10.2. The summed E-state index contributed by atoms with van der Waals surface area (Å²) < 4.78 is 25.6. The van der Waals surface area contributed by atoms with Crippen LogP contribution in [0, 0.1) is 10.5 Å². The molecule has 0 bridgehead atoms. The summed E-state index contributed by atoms with van der Waals surface area (Å²) in [5, 5.41) is 8.53. The number of carboxylic acid groups (broad SMARTS) is 1. The van der Waals surface area contributed by atoms with Gasteiger partial charge in [-0.2, -0.15) is 0 Å². The van der Waals surface area contributed by atoms with Crippen molar-refractivity contribution in [2.24, 2.45) is 0 Å². The smallest absolute Gasteiger partial charge is 0.309 e. The van der Waals surface area contributed by atoms with Gasteiger partial charge in [0.1, 0.15) is 5.69 Å². The molecule has 0 aliphatic heterocycles. The first kappa shape index (κ1) is 12.3. The molecule has 82 valence electrons. The molecule has 0 aliphatic carbocycles. The average Bonchev–Trinajstić information content (AvgIpc) is 2.09. The van der Waals surface area contributed by atoms with Crippen molar-refractivity contribution >= 4 is 28.6 Å². The van der Waals surface area contributed by atoms with Crippen LogP contribution < -0.4 is 0 Å². The molecule has 1 aromatic rings. The number of pyridine rings is 1. The van der Waals surface area contributed by atoms with Gasteiger partial charge in [-0.25, -0.2) is 8.78 Å². The Bertz CT molecular complexity index is 396. The first-order valence-corrected chi connectivity index (χ1v) is 5.15. The highest BCUT2D eigenvalue weighted by atomic mass is 127. The number of aliphatic carboxylic acids is 1. The molecule has 0 spiro atoms. The summed E-state index contributed by atoms with van der Waals surface area (Å²) in [6.45, 7) is 1.54. The Hall–Kier alpha value is -0.790. The molecule has 0 fully saturated rings. The summed E-state index contributed by atoms with van der Waals surface area (Å²) in [6.07, 6.45) is -3.01. The molecule has 0 saturated heterocycles. The number of carbonyl (C=O) groups is 1. The van der Waals surface area contributed by atoms with Crippen LogP contribution in [0.5, 0.6) is 0 Å². The highest BCUT2D eigenvalue weighted by molar-refractivity contribution is 14.1. The molecule has 0 atom stereocenters. The van der Waals surface area contributed by atoms with Crippen LogP contribution in [-0.2, 0) is 11.2 Å². The number of hydrogen-bond acceptors (Lipinski definition) is 2. The molecule has 0 aliphatic rings. The van der Waals surface area contributed by atoms with Gasteiger partial charge in [0.2, 0.25) is 0 Å². The fraction of sp³-hybridized carbons (Fsp3) is 0.333. The predicted octanol–water partition coefficient (Wildman–Crippen LogP) is 2.56. The molecule has 0 aromatic carbocycles. The maximum atomic E-state index is 12.5. The molecular weight excluding hydrogens is 319 g/mol. The zero-order valence-corrected chi connectivity index (χ0v) is 9.96. The van der Waals surface area contributed by atoms with Crippen LogP contribution in [0.15, 0.2) is 6.07 Å². The number of alkyl halides is 2. The molecule has 0 saturated carbocycles. The lowest BCUT2D eigenvalue weighted by Crippen LogP contribution is -2.07. The Labute approximate surface area is 98.7 Å². The quantitative estimate of drug-likeness (QED) is 0.868. The zero-order valence-electron chi connectivity index (χ0n) is 7.80. The summed E-state index contributed by atoms with van der Waals surface area (Å²) in [5.74, 6) is -1.08. The second kappa shape index (κ2) is 4.82. The first-order valence-electron chi connectivity index (χ1n) is 4.07. The van der Waals surface area contributed by atoms with Crippen LogP contribution in [0.25, 0.3) is 0 Å². The topological polar surface area (TPSA) is 50.2 Å². The van der Waals surface area contributed by atoms with Gasteiger partial charge in [0.25, 0.3) is 6.43 Å². The number of rotatable bonds is 3. The van der Waals surface area contributed by atoms with E-state index in [2.05, 4.69) is 4.98 Å². The van der Waals surface area contributed by atoms with E-state index in [1.54, 1.807) is 6.92 Å². The number of nitrogens with zero attached hydrogens (tertiary/aromatic N) is 1. The maximum Gasteiger partial charge on any atom is 0.309 e. The van der Waals surface area contributed by atoms with Crippen molar-refractivity contribution < 1.29 is 18.7 Å². The number of hydrogen-bond donors (Lipinski definition) is 1. The average molecular weight is 327 g/mol. The summed E-state index contributed by atoms with van der Waals surface area (Å²) >= 11 is 1.89. The maximum absolute atomic E-state index is 12.5. The number of halogens is 3. The molecule has 1 rings (SSSR count). The lowest BCUT2D eigenvalue weighted by molar-refractivity contribution is -0.136. The van der Waals surface area contributed by atoms with Gasteiger partial charge in [-0.15, -0.1) is 0 Å². The number of aromatic nitrogens is 1.